The van der Waals surface area contributed by atoms with E-state index < -0.39 is 10.8 Å². The van der Waals surface area contributed by atoms with E-state index in [4.69, 9.17) is 5.73 Å². The zero-order chi connectivity index (χ0) is 13.0. The molecule has 2 aromatic rings. The Hall–Kier alpha value is -1.68. The van der Waals surface area contributed by atoms with Crippen LogP contribution in [0.4, 0.5) is 10.1 Å². The van der Waals surface area contributed by atoms with Crippen molar-refractivity contribution in [2.75, 3.05) is 11.5 Å². The fraction of sp³-hybridized carbons (Fsp3) is 0.143. The Morgan fingerprint density at radius 3 is 2.50 bits per heavy atom. The average molecular weight is 263 g/mol. The highest BCUT2D eigenvalue weighted by Crippen LogP contribution is 2.11. The number of benzene rings is 2. The van der Waals surface area contributed by atoms with Crippen molar-refractivity contribution in [3.63, 3.8) is 0 Å². The zero-order valence-electron chi connectivity index (χ0n) is 9.80. The molecule has 0 fully saturated rings. The van der Waals surface area contributed by atoms with Crippen LogP contribution >= 0.6 is 0 Å². The number of nitrogen functional groups attached to an aromatic ring is 1. The Morgan fingerprint density at radius 1 is 1.11 bits per heavy atom. The minimum Gasteiger partial charge on any atom is -0.399 e. The minimum atomic E-state index is -1.17. The van der Waals surface area contributed by atoms with Crippen molar-refractivity contribution in [1.82, 2.24) is 0 Å². The first-order valence-electron chi connectivity index (χ1n) is 5.63. The van der Waals surface area contributed by atoms with E-state index in [-0.39, 0.29) is 5.82 Å². The number of rotatable bonds is 4. The van der Waals surface area contributed by atoms with Gasteiger partial charge in [0.15, 0.2) is 0 Å². The molecule has 2 rings (SSSR count). The number of anilines is 1. The highest BCUT2D eigenvalue weighted by Gasteiger charge is 2.05. The first-order valence-corrected chi connectivity index (χ1v) is 6.95. The Labute approximate surface area is 108 Å². The quantitative estimate of drug-likeness (QED) is 0.862. The number of aryl methyl sites for hydroxylation is 1. The summed E-state index contributed by atoms with van der Waals surface area (Å²) in [5.41, 5.74) is 7.38. The third-order valence-electron chi connectivity index (χ3n) is 2.61. The van der Waals surface area contributed by atoms with Crippen molar-refractivity contribution in [3.05, 3.63) is 59.9 Å². The number of nitrogens with two attached hydrogens (primary N) is 1. The summed E-state index contributed by atoms with van der Waals surface area (Å²) in [4.78, 5) is 0.533. The monoisotopic (exact) mass is 263 g/mol. The van der Waals surface area contributed by atoms with Gasteiger partial charge in [-0.3, -0.25) is 4.21 Å². The van der Waals surface area contributed by atoms with Crippen LogP contribution in [0.1, 0.15) is 5.56 Å². The SMILES string of the molecule is Nc1ccc(CCS(=O)c2cccc(F)c2)cc1. The third kappa shape index (κ3) is 3.40. The summed E-state index contributed by atoms with van der Waals surface area (Å²) in [5.74, 6) is 0.126. The summed E-state index contributed by atoms with van der Waals surface area (Å²) in [7, 11) is -1.17. The second kappa shape index (κ2) is 5.78. The zero-order valence-corrected chi connectivity index (χ0v) is 10.6. The molecule has 0 amide bonds. The molecule has 2 nitrogen and oxygen atoms in total. The van der Waals surface area contributed by atoms with Crippen LogP contribution < -0.4 is 5.73 Å². The summed E-state index contributed by atoms with van der Waals surface area (Å²) >= 11 is 0. The number of hydrogen-bond donors (Lipinski definition) is 1. The maximum absolute atomic E-state index is 13.0. The Morgan fingerprint density at radius 2 is 1.83 bits per heavy atom. The van der Waals surface area contributed by atoms with Crippen LogP contribution in [-0.4, -0.2) is 9.96 Å². The molecular formula is C14H14FNOS. The van der Waals surface area contributed by atoms with E-state index in [1.54, 1.807) is 12.1 Å². The topological polar surface area (TPSA) is 43.1 Å². The molecule has 0 heterocycles. The highest BCUT2D eigenvalue weighted by molar-refractivity contribution is 7.85. The van der Waals surface area contributed by atoms with Gasteiger partial charge in [-0.25, -0.2) is 4.39 Å². The largest absolute Gasteiger partial charge is 0.399 e. The van der Waals surface area contributed by atoms with Crippen molar-refractivity contribution < 1.29 is 8.60 Å². The second-order valence-electron chi connectivity index (χ2n) is 4.00. The van der Waals surface area contributed by atoms with Crippen LogP contribution in [0.2, 0.25) is 0 Å². The molecule has 18 heavy (non-hydrogen) atoms. The molecule has 0 spiro atoms. The molecule has 0 radical (unpaired) electrons. The van der Waals surface area contributed by atoms with Crippen molar-refractivity contribution in [3.8, 4) is 0 Å². The lowest BCUT2D eigenvalue weighted by molar-refractivity contribution is 0.622. The molecule has 94 valence electrons. The molecule has 0 aliphatic heterocycles. The molecule has 1 unspecified atom stereocenters. The van der Waals surface area contributed by atoms with Gasteiger partial charge in [0.2, 0.25) is 0 Å². The lowest BCUT2D eigenvalue weighted by Gasteiger charge is -2.03. The van der Waals surface area contributed by atoms with Gasteiger partial charge in [-0.1, -0.05) is 18.2 Å². The van der Waals surface area contributed by atoms with Crippen molar-refractivity contribution in [1.29, 1.82) is 0 Å². The van der Waals surface area contributed by atoms with Gasteiger partial charge in [0.1, 0.15) is 5.82 Å². The maximum Gasteiger partial charge on any atom is 0.124 e. The van der Waals surface area contributed by atoms with E-state index in [1.165, 1.54) is 12.1 Å². The minimum absolute atomic E-state index is 0.353. The molecule has 0 aliphatic carbocycles. The molecule has 0 aromatic heterocycles. The second-order valence-corrected chi connectivity index (χ2v) is 5.57. The van der Waals surface area contributed by atoms with Gasteiger partial charge >= 0.3 is 0 Å². The normalized spacial score (nSPS) is 12.3. The third-order valence-corrected chi connectivity index (χ3v) is 3.97. The van der Waals surface area contributed by atoms with Crippen LogP contribution in [0.5, 0.6) is 0 Å². The van der Waals surface area contributed by atoms with Gasteiger partial charge in [0.05, 0.1) is 10.8 Å². The van der Waals surface area contributed by atoms with Crippen molar-refractivity contribution in [2.24, 2.45) is 0 Å². The van der Waals surface area contributed by atoms with Gasteiger partial charge < -0.3 is 5.73 Å². The number of hydrogen-bond acceptors (Lipinski definition) is 2. The smallest absolute Gasteiger partial charge is 0.124 e. The summed E-state index contributed by atoms with van der Waals surface area (Å²) in [5, 5.41) is 0. The van der Waals surface area contributed by atoms with E-state index in [0.717, 1.165) is 5.56 Å². The van der Waals surface area contributed by atoms with Crippen LogP contribution in [-0.2, 0) is 17.2 Å². The van der Waals surface area contributed by atoms with Crippen molar-refractivity contribution in [2.45, 2.75) is 11.3 Å². The van der Waals surface area contributed by atoms with Crippen LogP contribution in [0, 0.1) is 5.82 Å². The van der Waals surface area contributed by atoms with Gasteiger partial charge in [-0.15, -0.1) is 0 Å². The van der Waals surface area contributed by atoms with E-state index in [0.29, 0.717) is 22.8 Å². The fourth-order valence-corrected chi connectivity index (χ4v) is 2.75. The lowest BCUT2D eigenvalue weighted by atomic mass is 10.2. The lowest BCUT2D eigenvalue weighted by Crippen LogP contribution is -2.02. The van der Waals surface area contributed by atoms with Gasteiger partial charge in [-0.2, -0.15) is 0 Å². The molecule has 0 saturated heterocycles. The Balaban J connectivity index is 1.98. The van der Waals surface area contributed by atoms with Crippen LogP contribution in [0.3, 0.4) is 0 Å². The van der Waals surface area contributed by atoms with Gasteiger partial charge in [0, 0.05) is 16.3 Å². The van der Waals surface area contributed by atoms with E-state index in [2.05, 4.69) is 0 Å². The Kier molecular flexibility index (Phi) is 4.10. The fourth-order valence-electron chi connectivity index (χ4n) is 1.62. The molecule has 0 bridgehead atoms. The summed E-state index contributed by atoms with van der Waals surface area (Å²) in [6.45, 7) is 0. The average Bonchev–Trinajstić information content (AvgIpc) is 2.38. The predicted octanol–water partition coefficient (Wildman–Crippen LogP) is 2.76. The molecule has 0 saturated carbocycles. The predicted molar refractivity (Wildman–Crippen MR) is 72.2 cm³/mol. The summed E-state index contributed by atoms with van der Waals surface area (Å²) < 4.78 is 24.9. The van der Waals surface area contributed by atoms with Crippen LogP contribution in [0.25, 0.3) is 0 Å². The molecule has 2 aromatic carbocycles. The molecule has 0 aliphatic rings. The Bertz CT molecular complexity index is 554. The molecule has 1 atom stereocenters. The maximum atomic E-state index is 13.0. The first kappa shape index (κ1) is 12.8. The summed E-state index contributed by atoms with van der Waals surface area (Å²) in [6.07, 6.45) is 0.684. The molecule has 4 heteroatoms. The van der Waals surface area contributed by atoms with E-state index in [9.17, 15) is 8.60 Å². The first-order chi connectivity index (χ1) is 8.65. The number of halogens is 1. The van der Waals surface area contributed by atoms with Gasteiger partial charge in [0.25, 0.3) is 0 Å². The van der Waals surface area contributed by atoms with Gasteiger partial charge in [-0.05, 0) is 42.3 Å². The highest BCUT2D eigenvalue weighted by atomic mass is 32.2. The van der Waals surface area contributed by atoms with E-state index >= 15 is 0 Å². The summed E-state index contributed by atoms with van der Waals surface area (Å²) in [6, 6.07) is 13.4. The van der Waals surface area contributed by atoms with E-state index in [1.807, 2.05) is 24.3 Å². The molecular weight excluding hydrogens is 249 g/mol. The van der Waals surface area contributed by atoms with Crippen molar-refractivity contribution >= 4 is 16.5 Å². The molecule has 2 N–H and O–H groups in total. The standard InChI is InChI=1S/C14H14FNOS/c15-12-2-1-3-14(10-12)18(17)9-8-11-4-6-13(16)7-5-11/h1-7,10H,8-9,16H2. The van der Waals surface area contributed by atoms with Crippen LogP contribution in [0.15, 0.2) is 53.4 Å².